The molecule has 0 aliphatic carbocycles. The standard InChI is InChI=1S/C19H26N2/c1-15-8-7-10-17(14-15)21(4)13-12-19(20-3)18-11-6-5-9-16(18)2/h5-11,14,19-20H,12-13H2,1-4H3. The molecule has 0 bridgehead atoms. The molecule has 112 valence electrons. The fourth-order valence-electron chi connectivity index (χ4n) is 2.75. The highest BCUT2D eigenvalue weighted by Gasteiger charge is 2.12. The first kappa shape index (κ1) is 15.6. The largest absolute Gasteiger partial charge is 0.375 e. The fourth-order valence-corrected chi connectivity index (χ4v) is 2.75. The van der Waals surface area contributed by atoms with Gasteiger partial charge in [0.2, 0.25) is 0 Å². The second-order valence-corrected chi connectivity index (χ2v) is 5.75. The van der Waals surface area contributed by atoms with Crippen molar-refractivity contribution in [3.05, 3.63) is 65.2 Å². The van der Waals surface area contributed by atoms with Crippen molar-refractivity contribution in [2.75, 3.05) is 25.5 Å². The van der Waals surface area contributed by atoms with Gasteiger partial charge in [0.15, 0.2) is 0 Å². The average molecular weight is 282 g/mol. The lowest BCUT2D eigenvalue weighted by molar-refractivity contribution is 0.547. The molecule has 0 saturated carbocycles. The summed E-state index contributed by atoms with van der Waals surface area (Å²) < 4.78 is 0. The smallest absolute Gasteiger partial charge is 0.0366 e. The van der Waals surface area contributed by atoms with Crippen molar-refractivity contribution in [1.82, 2.24) is 5.32 Å². The van der Waals surface area contributed by atoms with Crippen molar-refractivity contribution in [3.63, 3.8) is 0 Å². The van der Waals surface area contributed by atoms with Gasteiger partial charge >= 0.3 is 0 Å². The molecular formula is C19H26N2. The van der Waals surface area contributed by atoms with E-state index in [4.69, 9.17) is 0 Å². The lowest BCUT2D eigenvalue weighted by Crippen LogP contribution is -2.25. The minimum absolute atomic E-state index is 0.401. The highest BCUT2D eigenvalue weighted by atomic mass is 15.1. The normalized spacial score (nSPS) is 12.2. The molecule has 0 spiro atoms. The zero-order valence-corrected chi connectivity index (χ0v) is 13.6. The predicted octanol–water partition coefficient (Wildman–Crippen LogP) is 4.09. The fraction of sp³-hybridized carbons (Fsp3) is 0.368. The maximum absolute atomic E-state index is 3.45. The van der Waals surface area contributed by atoms with Gasteiger partial charge in [-0.1, -0.05) is 36.4 Å². The van der Waals surface area contributed by atoms with E-state index < -0.39 is 0 Å². The van der Waals surface area contributed by atoms with E-state index in [0.29, 0.717) is 6.04 Å². The van der Waals surface area contributed by atoms with E-state index >= 15 is 0 Å². The lowest BCUT2D eigenvalue weighted by atomic mass is 9.98. The van der Waals surface area contributed by atoms with Crippen LogP contribution in [0.2, 0.25) is 0 Å². The van der Waals surface area contributed by atoms with Gasteiger partial charge in [-0.3, -0.25) is 0 Å². The Balaban J connectivity index is 2.02. The second kappa shape index (κ2) is 7.28. The van der Waals surface area contributed by atoms with Gasteiger partial charge in [-0.25, -0.2) is 0 Å². The Morgan fingerprint density at radius 3 is 2.48 bits per heavy atom. The molecule has 0 fully saturated rings. The Bertz CT molecular complexity index is 577. The van der Waals surface area contributed by atoms with E-state index in [1.54, 1.807) is 0 Å². The van der Waals surface area contributed by atoms with Crippen molar-refractivity contribution < 1.29 is 0 Å². The van der Waals surface area contributed by atoms with Crippen LogP contribution in [0.5, 0.6) is 0 Å². The van der Waals surface area contributed by atoms with Crippen LogP contribution >= 0.6 is 0 Å². The molecule has 2 nitrogen and oxygen atoms in total. The number of hydrogen-bond acceptors (Lipinski definition) is 2. The Morgan fingerprint density at radius 1 is 1.05 bits per heavy atom. The molecule has 0 radical (unpaired) electrons. The van der Waals surface area contributed by atoms with Crippen LogP contribution in [0, 0.1) is 13.8 Å². The summed E-state index contributed by atoms with van der Waals surface area (Å²) in [6, 6.07) is 17.7. The number of anilines is 1. The number of rotatable bonds is 6. The summed E-state index contributed by atoms with van der Waals surface area (Å²) in [6.07, 6.45) is 1.09. The van der Waals surface area contributed by atoms with Crippen molar-refractivity contribution in [1.29, 1.82) is 0 Å². The Hall–Kier alpha value is -1.80. The number of hydrogen-bond donors (Lipinski definition) is 1. The van der Waals surface area contributed by atoms with Crippen LogP contribution in [-0.2, 0) is 0 Å². The maximum Gasteiger partial charge on any atom is 0.0366 e. The third kappa shape index (κ3) is 4.08. The molecule has 0 heterocycles. The van der Waals surface area contributed by atoms with E-state index in [0.717, 1.165) is 13.0 Å². The lowest BCUT2D eigenvalue weighted by Gasteiger charge is -2.24. The van der Waals surface area contributed by atoms with Gasteiger partial charge in [0, 0.05) is 25.3 Å². The Morgan fingerprint density at radius 2 is 1.81 bits per heavy atom. The van der Waals surface area contributed by atoms with Crippen molar-refractivity contribution in [3.8, 4) is 0 Å². The van der Waals surface area contributed by atoms with Gasteiger partial charge in [-0.15, -0.1) is 0 Å². The molecule has 0 aliphatic rings. The van der Waals surface area contributed by atoms with Crippen molar-refractivity contribution in [2.45, 2.75) is 26.3 Å². The van der Waals surface area contributed by atoms with Gasteiger partial charge in [0.1, 0.15) is 0 Å². The first-order valence-corrected chi connectivity index (χ1v) is 7.62. The minimum Gasteiger partial charge on any atom is -0.375 e. The number of aryl methyl sites for hydroxylation is 2. The van der Waals surface area contributed by atoms with Crippen LogP contribution in [0.1, 0.15) is 29.2 Å². The van der Waals surface area contributed by atoms with Crippen LogP contribution in [-0.4, -0.2) is 20.6 Å². The van der Waals surface area contributed by atoms with Crippen LogP contribution in [0.3, 0.4) is 0 Å². The van der Waals surface area contributed by atoms with Crippen LogP contribution in [0.4, 0.5) is 5.69 Å². The average Bonchev–Trinajstić information content (AvgIpc) is 2.49. The number of nitrogens with zero attached hydrogens (tertiary/aromatic N) is 1. The van der Waals surface area contributed by atoms with Crippen molar-refractivity contribution >= 4 is 5.69 Å². The summed E-state index contributed by atoms with van der Waals surface area (Å²) in [5, 5.41) is 3.45. The topological polar surface area (TPSA) is 15.3 Å². The Labute approximate surface area is 128 Å². The van der Waals surface area contributed by atoms with Crippen LogP contribution < -0.4 is 10.2 Å². The molecule has 0 amide bonds. The van der Waals surface area contributed by atoms with E-state index in [1.807, 2.05) is 7.05 Å². The summed E-state index contributed by atoms with van der Waals surface area (Å²) in [5.41, 5.74) is 5.35. The molecular weight excluding hydrogens is 256 g/mol. The second-order valence-electron chi connectivity index (χ2n) is 5.75. The highest BCUT2D eigenvalue weighted by molar-refractivity contribution is 5.47. The van der Waals surface area contributed by atoms with E-state index in [9.17, 15) is 0 Å². The highest BCUT2D eigenvalue weighted by Crippen LogP contribution is 2.22. The van der Waals surface area contributed by atoms with Crippen LogP contribution in [0.15, 0.2) is 48.5 Å². The SMILES string of the molecule is CNC(CCN(C)c1cccc(C)c1)c1ccccc1C. The first-order valence-electron chi connectivity index (χ1n) is 7.62. The zero-order chi connectivity index (χ0) is 15.2. The summed E-state index contributed by atoms with van der Waals surface area (Å²) >= 11 is 0. The molecule has 2 heteroatoms. The molecule has 21 heavy (non-hydrogen) atoms. The van der Waals surface area contributed by atoms with E-state index in [-0.39, 0.29) is 0 Å². The van der Waals surface area contributed by atoms with E-state index in [2.05, 4.69) is 79.6 Å². The minimum atomic E-state index is 0.401. The van der Waals surface area contributed by atoms with Crippen molar-refractivity contribution in [2.24, 2.45) is 0 Å². The Kier molecular flexibility index (Phi) is 5.40. The summed E-state index contributed by atoms with van der Waals surface area (Å²) in [5.74, 6) is 0. The number of nitrogens with one attached hydrogen (secondary N) is 1. The monoisotopic (exact) mass is 282 g/mol. The third-order valence-electron chi connectivity index (χ3n) is 4.11. The van der Waals surface area contributed by atoms with E-state index in [1.165, 1.54) is 22.4 Å². The summed E-state index contributed by atoms with van der Waals surface area (Å²) in [4.78, 5) is 2.33. The molecule has 2 aromatic carbocycles. The zero-order valence-electron chi connectivity index (χ0n) is 13.6. The third-order valence-corrected chi connectivity index (χ3v) is 4.11. The van der Waals surface area contributed by atoms with Gasteiger partial charge in [-0.05, 0) is 56.1 Å². The predicted molar refractivity (Wildman–Crippen MR) is 92.0 cm³/mol. The molecule has 0 aliphatic heterocycles. The van der Waals surface area contributed by atoms with Gasteiger partial charge in [0.25, 0.3) is 0 Å². The summed E-state index contributed by atoms with van der Waals surface area (Å²) in [6.45, 7) is 5.36. The molecule has 2 rings (SSSR count). The molecule has 1 N–H and O–H groups in total. The first-order chi connectivity index (χ1) is 10.1. The molecule has 1 atom stereocenters. The molecule has 0 saturated heterocycles. The molecule has 2 aromatic rings. The quantitative estimate of drug-likeness (QED) is 0.858. The van der Waals surface area contributed by atoms with Gasteiger partial charge in [0.05, 0.1) is 0 Å². The molecule has 0 aromatic heterocycles. The van der Waals surface area contributed by atoms with Gasteiger partial charge in [-0.2, -0.15) is 0 Å². The molecule has 1 unspecified atom stereocenters. The van der Waals surface area contributed by atoms with Crippen LogP contribution in [0.25, 0.3) is 0 Å². The number of benzene rings is 2. The van der Waals surface area contributed by atoms with Gasteiger partial charge < -0.3 is 10.2 Å². The summed E-state index contributed by atoms with van der Waals surface area (Å²) in [7, 11) is 4.21. The maximum atomic E-state index is 3.45.